The quantitative estimate of drug-likeness (QED) is 0.725. The Morgan fingerprint density at radius 3 is 3.05 bits per heavy atom. The summed E-state index contributed by atoms with van der Waals surface area (Å²) in [5.74, 6) is 0.850. The van der Waals surface area contributed by atoms with Crippen molar-refractivity contribution in [1.29, 1.82) is 0 Å². The molecule has 0 saturated carbocycles. The highest BCUT2D eigenvalue weighted by Crippen LogP contribution is 2.15. The molecule has 1 aromatic rings. The molecule has 0 spiro atoms. The molecule has 0 aromatic carbocycles. The van der Waals surface area contributed by atoms with Crippen molar-refractivity contribution >= 4 is 25.1 Å². The van der Waals surface area contributed by atoms with Crippen LogP contribution >= 0.6 is 0 Å². The number of aliphatic imine (C=N–C) groups is 2. The van der Waals surface area contributed by atoms with Crippen LogP contribution in [0.25, 0.3) is 12.2 Å². The normalized spacial score (nSPS) is 22.9. The smallest absolute Gasteiger partial charge is 0.223 e. The largest absolute Gasteiger partial charge is 0.439 e. The molecule has 0 aliphatic carbocycles. The van der Waals surface area contributed by atoms with E-state index in [1.54, 1.807) is 25.5 Å². The van der Waals surface area contributed by atoms with Crippen molar-refractivity contribution in [3.8, 4) is 0 Å². The van der Waals surface area contributed by atoms with Gasteiger partial charge in [0.15, 0.2) is 0 Å². The van der Waals surface area contributed by atoms with Gasteiger partial charge < -0.3 is 4.74 Å². The zero-order valence-electron chi connectivity index (χ0n) is 10.7. The lowest BCUT2D eigenvalue weighted by atomic mass is 10.2. The summed E-state index contributed by atoms with van der Waals surface area (Å²) in [6.45, 7) is 7.34. The Balaban J connectivity index is 2.62. The Kier molecular flexibility index (Phi) is 3.97. The number of hydrogen-bond donors (Lipinski definition) is 0. The molecule has 0 unspecified atom stereocenters. The van der Waals surface area contributed by atoms with Gasteiger partial charge in [0.25, 0.3) is 0 Å². The number of rotatable bonds is 2. The summed E-state index contributed by atoms with van der Waals surface area (Å²) in [5.41, 5.74) is 0.823. The molecule has 0 N–H and O–H groups in total. The van der Waals surface area contributed by atoms with Gasteiger partial charge >= 0.3 is 0 Å². The first-order chi connectivity index (χ1) is 9.24. The van der Waals surface area contributed by atoms with Crippen LogP contribution in [0, 0.1) is 0 Å². The molecule has 2 heterocycles. The maximum absolute atomic E-state index is 5.57. The van der Waals surface area contributed by atoms with E-state index in [0.717, 1.165) is 16.1 Å². The van der Waals surface area contributed by atoms with Crippen molar-refractivity contribution in [2.24, 2.45) is 9.98 Å². The summed E-state index contributed by atoms with van der Waals surface area (Å²) in [5, 5.41) is 1.68. The number of aromatic nitrogens is 2. The van der Waals surface area contributed by atoms with Gasteiger partial charge in [-0.25, -0.2) is 15.0 Å². The maximum atomic E-state index is 5.57. The minimum atomic E-state index is 0.406. The molecule has 0 amide bonds. The lowest BCUT2D eigenvalue weighted by Gasteiger charge is -2.07. The van der Waals surface area contributed by atoms with Crippen LogP contribution in [0.1, 0.15) is 6.42 Å². The topological polar surface area (TPSA) is 59.7 Å². The number of nitrogens with zero attached hydrogens (tertiary/aromatic N) is 4. The highest BCUT2D eigenvalue weighted by molar-refractivity contribution is 5.81. The van der Waals surface area contributed by atoms with E-state index in [2.05, 4.69) is 33.2 Å². The standard InChI is InChI=1S/C14H14N4O/c1-10-6-13-11(8-17-9-18-13)4-5-12(7-15-2)14(16-3)19-10/h4,6-9H,1,3,5H2,2H3/b11-4-,13-6+,14-12+,15-7-. The average molecular weight is 254 g/mol. The lowest BCUT2D eigenvalue weighted by molar-refractivity contribution is 0.322. The Labute approximate surface area is 111 Å². The fourth-order valence-electron chi connectivity index (χ4n) is 1.70. The van der Waals surface area contributed by atoms with Crippen molar-refractivity contribution in [2.45, 2.75) is 6.42 Å². The summed E-state index contributed by atoms with van der Waals surface area (Å²) in [4.78, 5) is 16.1. The summed E-state index contributed by atoms with van der Waals surface area (Å²) in [6, 6.07) is 0. The van der Waals surface area contributed by atoms with E-state index < -0.39 is 0 Å². The third-order valence-electron chi connectivity index (χ3n) is 2.54. The van der Waals surface area contributed by atoms with Gasteiger partial charge in [-0.15, -0.1) is 0 Å². The van der Waals surface area contributed by atoms with Crippen LogP contribution in [0.2, 0.25) is 0 Å². The fourth-order valence-corrected chi connectivity index (χ4v) is 1.70. The molecular formula is C14H14N4O. The van der Waals surface area contributed by atoms with Gasteiger partial charge in [-0.3, -0.25) is 4.99 Å². The van der Waals surface area contributed by atoms with Gasteiger partial charge in [0.05, 0.1) is 5.35 Å². The second-order valence-electron chi connectivity index (χ2n) is 3.86. The van der Waals surface area contributed by atoms with E-state index in [-0.39, 0.29) is 0 Å². The van der Waals surface area contributed by atoms with Crippen molar-refractivity contribution in [2.75, 3.05) is 7.05 Å². The molecule has 19 heavy (non-hydrogen) atoms. The van der Waals surface area contributed by atoms with Gasteiger partial charge in [-0.05, 0) is 13.1 Å². The summed E-state index contributed by atoms with van der Waals surface area (Å²) in [7, 11) is 1.69. The second kappa shape index (κ2) is 5.86. The summed E-state index contributed by atoms with van der Waals surface area (Å²) < 4.78 is 5.57. The van der Waals surface area contributed by atoms with E-state index in [4.69, 9.17) is 4.74 Å². The van der Waals surface area contributed by atoms with Crippen molar-refractivity contribution in [3.63, 3.8) is 0 Å². The Hall–Kier alpha value is -2.56. The van der Waals surface area contributed by atoms with Crippen LogP contribution in [-0.4, -0.2) is 29.9 Å². The van der Waals surface area contributed by atoms with Crippen LogP contribution in [0.5, 0.6) is 0 Å². The minimum Gasteiger partial charge on any atom is -0.439 e. The van der Waals surface area contributed by atoms with Gasteiger partial charge in [0.1, 0.15) is 12.1 Å². The highest BCUT2D eigenvalue weighted by atomic mass is 16.5. The van der Waals surface area contributed by atoms with E-state index >= 15 is 0 Å². The zero-order chi connectivity index (χ0) is 13.7. The third kappa shape index (κ3) is 3.01. The van der Waals surface area contributed by atoms with Crippen LogP contribution in [0.15, 0.2) is 46.3 Å². The van der Waals surface area contributed by atoms with Crippen molar-refractivity contribution in [3.05, 3.63) is 46.9 Å². The predicted molar refractivity (Wildman–Crippen MR) is 76.0 cm³/mol. The number of hydrogen-bond acceptors (Lipinski definition) is 5. The van der Waals surface area contributed by atoms with Gasteiger partial charge in [0.2, 0.25) is 5.88 Å². The van der Waals surface area contributed by atoms with Crippen LogP contribution < -0.4 is 10.6 Å². The predicted octanol–water partition coefficient (Wildman–Crippen LogP) is 0.584. The molecule has 0 radical (unpaired) electrons. The first-order valence-corrected chi connectivity index (χ1v) is 5.71. The van der Waals surface area contributed by atoms with Gasteiger partial charge in [0, 0.05) is 36.3 Å². The van der Waals surface area contributed by atoms with Gasteiger partial charge in [-0.1, -0.05) is 12.7 Å². The van der Waals surface area contributed by atoms with E-state index in [1.165, 1.54) is 6.33 Å². The van der Waals surface area contributed by atoms with Crippen molar-refractivity contribution < 1.29 is 4.74 Å². The maximum Gasteiger partial charge on any atom is 0.223 e. The van der Waals surface area contributed by atoms with Crippen LogP contribution in [-0.2, 0) is 4.74 Å². The van der Waals surface area contributed by atoms with E-state index in [9.17, 15) is 0 Å². The van der Waals surface area contributed by atoms with Crippen LogP contribution in [0.4, 0.5) is 0 Å². The number of allylic oxidation sites excluding steroid dienone is 2. The molecule has 0 bridgehead atoms. The molecule has 2 rings (SSSR count). The second-order valence-corrected chi connectivity index (χ2v) is 3.86. The SMILES string of the molecule is C=N/C1=C(\C=N/C)C/C=c2/cncn/c2=C/C(=C)O1. The number of fused-ring (bicyclic) bond motifs is 1. The monoisotopic (exact) mass is 254 g/mol. The molecular weight excluding hydrogens is 240 g/mol. The molecule has 5 heteroatoms. The highest BCUT2D eigenvalue weighted by Gasteiger charge is 2.07. The molecule has 0 atom stereocenters. The summed E-state index contributed by atoms with van der Waals surface area (Å²) >= 11 is 0. The van der Waals surface area contributed by atoms with Crippen molar-refractivity contribution in [1.82, 2.24) is 9.97 Å². The first kappa shape index (κ1) is 12.9. The molecule has 0 saturated heterocycles. The third-order valence-corrected chi connectivity index (χ3v) is 2.54. The minimum absolute atomic E-state index is 0.406. The van der Waals surface area contributed by atoms with E-state index in [0.29, 0.717) is 18.1 Å². The number of ether oxygens (including phenoxy) is 1. The molecule has 96 valence electrons. The molecule has 1 aliphatic heterocycles. The van der Waals surface area contributed by atoms with Gasteiger partial charge in [-0.2, -0.15) is 0 Å². The summed E-state index contributed by atoms with van der Waals surface area (Å²) in [6.07, 6.45) is 9.28. The Morgan fingerprint density at radius 2 is 2.32 bits per heavy atom. The molecule has 5 nitrogen and oxygen atoms in total. The average Bonchev–Trinajstić information content (AvgIpc) is 2.48. The Bertz CT molecular complexity index is 686. The molecule has 1 aliphatic rings. The first-order valence-electron chi connectivity index (χ1n) is 5.71. The Morgan fingerprint density at radius 1 is 1.47 bits per heavy atom. The van der Waals surface area contributed by atoms with E-state index in [1.807, 2.05) is 6.08 Å². The lowest BCUT2D eigenvalue weighted by Crippen LogP contribution is -2.28. The van der Waals surface area contributed by atoms with Crippen LogP contribution in [0.3, 0.4) is 0 Å². The fraction of sp³-hybridized carbons (Fsp3) is 0.143. The molecule has 1 aromatic heterocycles. The zero-order valence-corrected chi connectivity index (χ0v) is 10.7. The molecule has 0 fully saturated rings.